The maximum Gasteiger partial charge on any atom is 0.233 e. The Morgan fingerprint density at radius 1 is 1.17 bits per heavy atom. The first kappa shape index (κ1) is 19.6. The Balaban J connectivity index is 1.61. The van der Waals surface area contributed by atoms with Gasteiger partial charge >= 0.3 is 0 Å². The number of hydrogen-bond acceptors (Lipinski definition) is 5. The lowest BCUT2D eigenvalue weighted by atomic mass is 9.99. The molecule has 1 aliphatic heterocycles. The number of piperidine rings is 1. The van der Waals surface area contributed by atoms with Crippen LogP contribution in [-0.4, -0.2) is 49.4 Å². The summed E-state index contributed by atoms with van der Waals surface area (Å²) in [4.78, 5) is 18.7. The van der Waals surface area contributed by atoms with Gasteiger partial charge in [-0.25, -0.2) is 4.39 Å². The first-order chi connectivity index (χ1) is 14.1. The van der Waals surface area contributed by atoms with Crippen molar-refractivity contribution < 1.29 is 9.18 Å². The number of hydrogen-bond donors (Lipinski definition) is 0. The molecule has 0 aliphatic carbocycles. The highest BCUT2D eigenvalue weighted by Crippen LogP contribution is 2.29. The van der Waals surface area contributed by atoms with E-state index in [0.717, 1.165) is 31.5 Å². The zero-order chi connectivity index (χ0) is 20.2. The van der Waals surface area contributed by atoms with E-state index in [1.54, 1.807) is 41.2 Å². The molecular formula is C21H22FN5OS. The number of carbonyl (C=O) groups excluding carboxylic acids is 1. The van der Waals surface area contributed by atoms with Crippen LogP contribution in [-0.2, 0) is 4.79 Å². The van der Waals surface area contributed by atoms with E-state index >= 15 is 0 Å². The van der Waals surface area contributed by atoms with Crippen LogP contribution < -0.4 is 0 Å². The van der Waals surface area contributed by atoms with Crippen LogP contribution in [0.25, 0.3) is 17.1 Å². The van der Waals surface area contributed by atoms with Crippen molar-refractivity contribution in [3.8, 4) is 17.1 Å². The third-order valence-electron chi connectivity index (χ3n) is 5.11. The lowest BCUT2D eigenvalue weighted by molar-refractivity contribution is -0.129. The molecule has 4 rings (SSSR count). The second-order valence-corrected chi connectivity index (χ2v) is 8.13. The molecule has 0 saturated carbocycles. The average molecular weight is 412 g/mol. The Hall–Kier alpha value is -2.74. The molecule has 1 aromatic carbocycles. The number of rotatable bonds is 5. The van der Waals surface area contributed by atoms with Gasteiger partial charge in [0.05, 0.1) is 11.4 Å². The number of amides is 1. The van der Waals surface area contributed by atoms with Crippen LogP contribution in [0.5, 0.6) is 0 Å². The van der Waals surface area contributed by atoms with Crippen LogP contribution in [0.1, 0.15) is 19.8 Å². The Morgan fingerprint density at radius 3 is 2.69 bits per heavy atom. The number of likely N-dealkylation sites (tertiary alicyclic amines) is 1. The number of benzene rings is 1. The predicted molar refractivity (Wildman–Crippen MR) is 110 cm³/mol. The van der Waals surface area contributed by atoms with Crippen molar-refractivity contribution in [2.75, 3.05) is 18.8 Å². The van der Waals surface area contributed by atoms with Crippen LogP contribution in [0.4, 0.5) is 4.39 Å². The van der Waals surface area contributed by atoms with E-state index in [2.05, 4.69) is 22.1 Å². The first-order valence-corrected chi connectivity index (χ1v) is 10.6. The lowest BCUT2D eigenvalue weighted by Gasteiger charge is -2.30. The number of para-hydroxylation sites is 1. The van der Waals surface area contributed by atoms with Crippen molar-refractivity contribution in [2.24, 2.45) is 5.92 Å². The summed E-state index contributed by atoms with van der Waals surface area (Å²) in [5.41, 5.74) is 1.07. The summed E-state index contributed by atoms with van der Waals surface area (Å²) in [6.45, 7) is 3.80. The standard InChI is InChI=1S/C21H22FN5OS/c1-15-8-11-26(12-9-15)19(28)14-29-21-25-24-20(16-5-4-10-23-13-16)27(21)18-7-3-2-6-17(18)22/h2-7,10,13,15H,8-9,11-12,14H2,1H3. The monoisotopic (exact) mass is 411 g/mol. The highest BCUT2D eigenvalue weighted by molar-refractivity contribution is 7.99. The van der Waals surface area contributed by atoms with Gasteiger partial charge in [-0.05, 0) is 43.0 Å². The van der Waals surface area contributed by atoms with Gasteiger partial charge in [0.25, 0.3) is 0 Å². The van der Waals surface area contributed by atoms with E-state index in [1.165, 1.54) is 17.8 Å². The molecule has 1 amide bonds. The summed E-state index contributed by atoms with van der Waals surface area (Å²) in [5.74, 6) is 1.10. The zero-order valence-corrected chi connectivity index (χ0v) is 17.0. The second kappa shape index (κ2) is 8.73. The Kier molecular flexibility index (Phi) is 5.89. The molecule has 2 aromatic heterocycles. The summed E-state index contributed by atoms with van der Waals surface area (Å²) in [7, 11) is 0. The van der Waals surface area contributed by atoms with E-state index in [1.807, 2.05) is 11.0 Å². The summed E-state index contributed by atoms with van der Waals surface area (Å²) >= 11 is 1.28. The fourth-order valence-electron chi connectivity index (χ4n) is 3.37. The minimum atomic E-state index is -0.379. The SMILES string of the molecule is CC1CCN(C(=O)CSc2nnc(-c3cccnc3)n2-c2ccccc2F)CC1. The van der Waals surface area contributed by atoms with Gasteiger partial charge in [0.15, 0.2) is 11.0 Å². The highest BCUT2D eigenvalue weighted by atomic mass is 32.2. The smallest absolute Gasteiger partial charge is 0.233 e. The maximum atomic E-state index is 14.6. The molecule has 3 heterocycles. The fourth-order valence-corrected chi connectivity index (χ4v) is 4.22. The van der Waals surface area contributed by atoms with Gasteiger partial charge in [0.2, 0.25) is 5.91 Å². The number of halogens is 1. The number of thioether (sulfide) groups is 1. The fraction of sp³-hybridized carbons (Fsp3) is 0.333. The van der Waals surface area contributed by atoms with Crippen molar-refractivity contribution in [3.05, 3.63) is 54.6 Å². The molecule has 150 valence electrons. The molecule has 8 heteroatoms. The highest BCUT2D eigenvalue weighted by Gasteiger charge is 2.23. The normalized spacial score (nSPS) is 14.9. The molecule has 0 radical (unpaired) electrons. The summed E-state index contributed by atoms with van der Waals surface area (Å²) in [5, 5.41) is 8.99. The number of nitrogens with zero attached hydrogens (tertiary/aromatic N) is 5. The van der Waals surface area contributed by atoms with Crippen LogP contribution in [0, 0.1) is 11.7 Å². The number of pyridine rings is 1. The molecule has 0 bridgehead atoms. The molecule has 0 unspecified atom stereocenters. The molecule has 0 atom stereocenters. The number of carbonyl (C=O) groups is 1. The van der Waals surface area contributed by atoms with Gasteiger partial charge in [0, 0.05) is 31.0 Å². The van der Waals surface area contributed by atoms with E-state index < -0.39 is 0 Å². The van der Waals surface area contributed by atoms with Gasteiger partial charge in [-0.3, -0.25) is 14.3 Å². The van der Waals surface area contributed by atoms with Crippen molar-refractivity contribution in [1.29, 1.82) is 0 Å². The van der Waals surface area contributed by atoms with Gasteiger partial charge in [-0.1, -0.05) is 30.8 Å². The van der Waals surface area contributed by atoms with E-state index in [4.69, 9.17) is 0 Å². The summed E-state index contributed by atoms with van der Waals surface area (Å²) in [6.07, 6.45) is 5.40. The molecule has 3 aromatic rings. The van der Waals surface area contributed by atoms with Crippen LogP contribution in [0.2, 0.25) is 0 Å². The maximum absolute atomic E-state index is 14.6. The number of aromatic nitrogens is 4. The summed E-state index contributed by atoms with van der Waals surface area (Å²) in [6, 6.07) is 10.1. The van der Waals surface area contributed by atoms with Gasteiger partial charge < -0.3 is 4.90 Å². The largest absolute Gasteiger partial charge is 0.342 e. The van der Waals surface area contributed by atoms with Crippen molar-refractivity contribution >= 4 is 17.7 Å². The Morgan fingerprint density at radius 2 is 1.97 bits per heavy atom. The Bertz CT molecular complexity index is 986. The molecule has 0 spiro atoms. The van der Waals surface area contributed by atoms with Crippen molar-refractivity contribution in [3.63, 3.8) is 0 Å². The van der Waals surface area contributed by atoms with Gasteiger partial charge in [-0.2, -0.15) is 0 Å². The second-order valence-electron chi connectivity index (χ2n) is 7.19. The molecule has 1 saturated heterocycles. The molecule has 6 nitrogen and oxygen atoms in total. The Labute approximate surface area is 173 Å². The third kappa shape index (κ3) is 4.32. The van der Waals surface area contributed by atoms with E-state index in [0.29, 0.717) is 22.6 Å². The first-order valence-electron chi connectivity index (χ1n) is 9.65. The van der Waals surface area contributed by atoms with Crippen LogP contribution in [0.3, 0.4) is 0 Å². The molecule has 29 heavy (non-hydrogen) atoms. The van der Waals surface area contributed by atoms with Crippen LogP contribution >= 0.6 is 11.8 Å². The average Bonchev–Trinajstić information content (AvgIpc) is 3.17. The van der Waals surface area contributed by atoms with Crippen molar-refractivity contribution in [1.82, 2.24) is 24.6 Å². The van der Waals surface area contributed by atoms with E-state index in [-0.39, 0.29) is 17.5 Å². The quantitative estimate of drug-likeness (QED) is 0.597. The molecular weight excluding hydrogens is 389 g/mol. The van der Waals surface area contributed by atoms with Gasteiger partial charge in [-0.15, -0.1) is 10.2 Å². The minimum Gasteiger partial charge on any atom is -0.342 e. The van der Waals surface area contributed by atoms with Gasteiger partial charge in [0.1, 0.15) is 5.82 Å². The summed E-state index contributed by atoms with van der Waals surface area (Å²) < 4.78 is 16.2. The lowest BCUT2D eigenvalue weighted by Crippen LogP contribution is -2.38. The minimum absolute atomic E-state index is 0.0768. The van der Waals surface area contributed by atoms with Crippen molar-refractivity contribution in [2.45, 2.75) is 24.9 Å². The van der Waals surface area contributed by atoms with Crippen LogP contribution in [0.15, 0.2) is 53.9 Å². The zero-order valence-electron chi connectivity index (χ0n) is 16.2. The molecule has 0 N–H and O–H groups in total. The van der Waals surface area contributed by atoms with E-state index in [9.17, 15) is 9.18 Å². The topological polar surface area (TPSA) is 63.9 Å². The molecule has 1 fully saturated rings. The molecule has 1 aliphatic rings. The third-order valence-corrected chi connectivity index (χ3v) is 6.02. The predicted octanol–water partition coefficient (Wildman–Crippen LogP) is 3.82.